The zero-order valence-electron chi connectivity index (χ0n) is 19.0. The minimum Gasteiger partial charge on any atom is -0.497 e. The Hall–Kier alpha value is -2.87. The van der Waals surface area contributed by atoms with Gasteiger partial charge in [-0.15, -0.1) is 0 Å². The number of aromatic nitrogens is 2. The van der Waals surface area contributed by atoms with E-state index in [1.165, 1.54) is 0 Å². The van der Waals surface area contributed by atoms with Gasteiger partial charge in [0.25, 0.3) is 5.91 Å². The van der Waals surface area contributed by atoms with E-state index < -0.39 is 0 Å². The van der Waals surface area contributed by atoms with Gasteiger partial charge in [-0.05, 0) is 44.4 Å². The highest BCUT2D eigenvalue weighted by molar-refractivity contribution is 5.95. The van der Waals surface area contributed by atoms with Crippen LogP contribution >= 0.6 is 0 Å². The largest absolute Gasteiger partial charge is 0.497 e. The van der Waals surface area contributed by atoms with Crippen molar-refractivity contribution in [3.8, 4) is 5.75 Å². The predicted octanol–water partition coefficient (Wildman–Crippen LogP) is 2.62. The van der Waals surface area contributed by atoms with Crippen LogP contribution in [0.3, 0.4) is 0 Å². The van der Waals surface area contributed by atoms with Crippen molar-refractivity contribution in [2.75, 3.05) is 33.3 Å². The van der Waals surface area contributed by atoms with Crippen molar-refractivity contribution in [2.24, 2.45) is 0 Å². The highest BCUT2D eigenvalue weighted by atomic mass is 16.5. The molecule has 2 atom stereocenters. The highest BCUT2D eigenvalue weighted by Gasteiger charge is 2.32. The molecule has 32 heavy (non-hydrogen) atoms. The molecule has 2 fully saturated rings. The molecule has 2 saturated heterocycles. The average molecular weight is 441 g/mol. The molecular formula is C24H32N4O4. The maximum Gasteiger partial charge on any atom is 0.257 e. The third-order valence-electron chi connectivity index (χ3n) is 6.35. The molecule has 1 N–H and O–H groups in total. The van der Waals surface area contributed by atoms with Gasteiger partial charge in [-0.1, -0.05) is 12.1 Å². The Balaban J connectivity index is 1.36. The van der Waals surface area contributed by atoms with Gasteiger partial charge in [-0.3, -0.25) is 14.7 Å². The van der Waals surface area contributed by atoms with Gasteiger partial charge in [0, 0.05) is 32.1 Å². The standard InChI is InChI=1S/C24H32N4O4/c1-16-14-28(15-17(2)32-16)24(30)21-13-25-26-23(21)19-7-9-27(10-8-19)22(29)12-18-5-4-6-20(11-18)31-3/h4-6,11,13,16-17,19H,7-10,12,14-15H2,1-3H3,(H,25,26). The molecule has 0 aliphatic carbocycles. The third-order valence-corrected chi connectivity index (χ3v) is 6.35. The molecule has 4 rings (SSSR count). The number of piperidine rings is 1. The number of morpholine rings is 1. The lowest BCUT2D eigenvalue weighted by molar-refractivity contribution is -0.131. The molecule has 8 heteroatoms. The monoisotopic (exact) mass is 440 g/mol. The fourth-order valence-electron chi connectivity index (χ4n) is 4.78. The van der Waals surface area contributed by atoms with Crippen LogP contribution in [0.4, 0.5) is 0 Å². The van der Waals surface area contributed by atoms with Crippen LogP contribution in [0.2, 0.25) is 0 Å². The van der Waals surface area contributed by atoms with Crippen LogP contribution in [-0.4, -0.2) is 77.3 Å². The minimum absolute atomic E-state index is 0.00674. The van der Waals surface area contributed by atoms with E-state index in [1.807, 2.05) is 47.9 Å². The SMILES string of the molecule is COc1cccc(CC(=O)N2CCC(c3[nH]ncc3C(=O)N3CC(C)OC(C)C3)CC2)c1. The second-order valence-electron chi connectivity index (χ2n) is 8.85. The molecule has 1 aromatic heterocycles. The number of nitrogens with one attached hydrogen (secondary N) is 1. The van der Waals surface area contributed by atoms with Crippen molar-refractivity contribution in [2.45, 2.75) is 51.2 Å². The number of hydrogen-bond donors (Lipinski definition) is 1. The molecule has 2 amide bonds. The van der Waals surface area contributed by atoms with Crippen LogP contribution in [0.15, 0.2) is 30.5 Å². The Morgan fingerprint density at radius 1 is 1.16 bits per heavy atom. The van der Waals surface area contributed by atoms with Gasteiger partial charge in [0.1, 0.15) is 5.75 Å². The smallest absolute Gasteiger partial charge is 0.257 e. The fraction of sp³-hybridized carbons (Fsp3) is 0.542. The van der Waals surface area contributed by atoms with Gasteiger partial charge < -0.3 is 19.3 Å². The molecular weight excluding hydrogens is 408 g/mol. The first-order chi connectivity index (χ1) is 15.4. The summed E-state index contributed by atoms with van der Waals surface area (Å²) in [6.45, 7) is 6.50. The van der Waals surface area contributed by atoms with Crippen LogP contribution in [0, 0.1) is 0 Å². The number of benzene rings is 1. The van der Waals surface area contributed by atoms with E-state index in [2.05, 4.69) is 10.2 Å². The molecule has 172 valence electrons. The van der Waals surface area contributed by atoms with Crippen LogP contribution < -0.4 is 4.74 Å². The van der Waals surface area contributed by atoms with E-state index in [9.17, 15) is 9.59 Å². The summed E-state index contributed by atoms with van der Waals surface area (Å²) in [7, 11) is 1.63. The van der Waals surface area contributed by atoms with Crippen molar-refractivity contribution in [1.29, 1.82) is 0 Å². The number of likely N-dealkylation sites (tertiary alicyclic amines) is 1. The van der Waals surface area contributed by atoms with Crippen molar-refractivity contribution < 1.29 is 19.1 Å². The molecule has 2 unspecified atom stereocenters. The molecule has 0 bridgehead atoms. The van der Waals surface area contributed by atoms with Crippen LogP contribution in [0.25, 0.3) is 0 Å². The van der Waals surface area contributed by atoms with E-state index in [4.69, 9.17) is 9.47 Å². The molecule has 2 aliphatic heterocycles. The lowest BCUT2D eigenvalue weighted by atomic mass is 9.90. The van der Waals surface area contributed by atoms with Crippen LogP contribution in [0.5, 0.6) is 5.75 Å². The predicted molar refractivity (Wildman–Crippen MR) is 120 cm³/mol. The van der Waals surface area contributed by atoms with E-state index in [-0.39, 0.29) is 29.9 Å². The molecule has 2 aromatic rings. The number of carbonyl (C=O) groups is 2. The summed E-state index contributed by atoms with van der Waals surface area (Å²) in [4.78, 5) is 29.8. The number of carbonyl (C=O) groups excluding carboxylic acids is 2. The second kappa shape index (κ2) is 9.73. The third kappa shape index (κ3) is 4.96. The van der Waals surface area contributed by atoms with Crippen molar-refractivity contribution >= 4 is 11.8 Å². The maximum atomic E-state index is 13.2. The molecule has 0 saturated carbocycles. The number of aromatic amines is 1. The van der Waals surface area contributed by atoms with Crippen molar-refractivity contribution in [3.05, 3.63) is 47.3 Å². The molecule has 3 heterocycles. The Bertz CT molecular complexity index is 941. The summed E-state index contributed by atoms with van der Waals surface area (Å²) in [5.41, 5.74) is 2.49. The first-order valence-corrected chi connectivity index (χ1v) is 11.3. The Morgan fingerprint density at radius 3 is 2.56 bits per heavy atom. The van der Waals surface area contributed by atoms with Gasteiger partial charge in [0.05, 0.1) is 43.2 Å². The van der Waals surface area contributed by atoms with Gasteiger partial charge >= 0.3 is 0 Å². The van der Waals surface area contributed by atoms with E-state index in [0.29, 0.717) is 38.2 Å². The minimum atomic E-state index is 0.00674. The quantitative estimate of drug-likeness (QED) is 0.772. The Kier molecular flexibility index (Phi) is 6.79. The number of rotatable bonds is 5. The molecule has 2 aliphatic rings. The van der Waals surface area contributed by atoms with Crippen LogP contribution in [-0.2, 0) is 16.0 Å². The van der Waals surface area contributed by atoms with Crippen molar-refractivity contribution in [1.82, 2.24) is 20.0 Å². The molecule has 8 nitrogen and oxygen atoms in total. The summed E-state index contributed by atoms with van der Waals surface area (Å²) < 4.78 is 11.0. The maximum absolute atomic E-state index is 13.2. The Labute approximate surface area is 188 Å². The summed E-state index contributed by atoms with van der Waals surface area (Å²) in [6.07, 6.45) is 3.67. The van der Waals surface area contributed by atoms with E-state index in [0.717, 1.165) is 29.8 Å². The number of H-pyrrole nitrogens is 1. The lowest BCUT2D eigenvalue weighted by Crippen LogP contribution is -2.48. The second-order valence-corrected chi connectivity index (χ2v) is 8.85. The number of amides is 2. The first kappa shape index (κ1) is 22.3. The molecule has 0 radical (unpaired) electrons. The summed E-state index contributed by atoms with van der Waals surface area (Å²) in [5.74, 6) is 1.07. The topological polar surface area (TPSA) is 87.8 Å². The zero-order valence-corrected chi connectivity index (χ0v) is 19.0. The van der Waals surface area contributed by atoms with Crippen LogP contribution in [0.1, 0.15) is 54.2 Å². The number of hydrogen-bond acceptors (Lipinski definition) is 5. The van der Waals surface area contributed by atoms with E-state index >= 15 is 0 Å². The highest BCUT2D eigenvalue weighted by Crippen LogP contribution is 2.30. The molecule has 1 aromatic carbocycles. The normalized spacial score (nSPS) is 22.1. The number of ether oxygens (including phenoxy) is 2. The Morgan fingerprint density at radius 2 is 1.88 bits per heavy atom. The van der Waals surface area contributed by atoms with Crippen molar-refractivity contribution in [3.63, 3.8) is 0 Å². The van der Waals surface area contributed by atoms with Gasteiger partial charge in [-0.25, -0.2) is 0 Å². The lowest BCUT2D eigenvalue weighted by Gasteiger charge is -2.36. The van der Waals surface area contributed by atoms with Gasteiger partial charge in [-0.2, -0.15) is 5.10 Å². The molecule has 0 spiro atoms. The average Bonchev–Trinajstić information content (AvgIpc) is 3.28. The van der Waals surface area contributed by atoms with E-state index in [1.54, 1.807) is 13.3 Å². The zero-order chi connectivity index (χ0) is 22.7. The van der Waals surface area contributed by atoms with Gasteiger partial charge in [0.2, 0.25) is 5.91 Å². The summed E-state index contributed by atoms with van der Waals surface area (Å²) in [5, 5.41) is 7.25. The first-order valence-electron chi connectivity index (χ1n) is 11.3. The number of nitrogens with zero attached hydrogens (tertiary/aromatic N) is 3. The summed E-state index contributed by atoms with van der Waals surface area (Å²) in [6, 6.07) is 7.63. The fourth-order valence-corrected chi connectivity index (χ4v) is 4.78. The summed E-state index contributed by atoms with van der Waals surface area (Å²) >= 11 is 0. The number of methoxy groups -OCH3 is 1. The van der Waals surface area contributed by atoms with Gasteiger partial charge in [0.15, 0.2) is 0 Å².